The van der Waals surface area contributed by atoms with E-state index in [9.17, 15) is 0 Å². The molecule has 0 saturated heterocycles. The molecule has 1 aliphatic rings. The number of ether oxygens (including phenoxy) is 2. The summed E-state index contributed by atoms with van der Waals surface area (Å²) in [6.07, 6.45) is 3.26. The van der Waals surface area contributed by atoms with Gasteiger partial charge in [-0.2, -0.15) is 0 Å². The molecule has 1 aliphatic carbocycles. The third-order valence-corrected chi connectivity index (χ3v) is 4.86. The molecule has 112 valence electrons. The zero-order chi connectivity index (χ0) is 14.9. The van der Waals surface area contributed by atoms with Crippen molar-refractivity contribution < 1.29 is 9.47 Å². The lowest BCUT2D eigenvalue weighted by molar-refractivity contribution is 0.276. The first-order chi connectivity index (χ1) is 9.43. The number of halogens is 1. The zero-order valence-electron chi connectivity index (χ0n) is 13.0. The molecule has 1 unspecified atom stereocenters. The quantitative estimate of drug-likeness (QED) is 0.840. The van der Waals surface area contributed by atoms with Gasteiger partial charge in [0.05, 0.1) is 18.7 Å². The number of methoxy groups -OCH3 is 2. The van der Waals surface area contributed by atoms with E-state index in [0.717, 1.165) is 35.2 Å². The minimum Gasteiger partial charge on any atom is -0.496 e. The average Bonchev–Trinajstić information content (AvgIpc) is 2.55. The monoisotopic (exact) mass is 341 g/mol. The molecule has 1 aromatic rings. The molecule has 1 aromatic carbocycles. The standard InChI is InChI=1S/C16H24BrNO2/c1-16(2)7-6-10-13(19-4)8-11(17)15(20-5)14(10)12(9-16)18-3/h8,12,18H,6-7,9H2,1-5H3. The fourth-order valence-electron chi connectivity index (χ4n) is 3.15. The lowest BCUT2D eigenvalue weighted by atomic mass is 9.83. The van der Waals surface area contributed by atoms with Crippen LogP contribution in [0.25, 0.3) is 0 Å². The van der Waals surface area contributed by atoms with E-state index in [1.54, 1.807) is 14.2 Å². The summed E-state index contributed by atoms with van der Waals surface area (Å²) in [6.45, 7) is 4.66. The van der Waals surface area contributed by atoms with Gasteiger partial charge in [-0.3, -0.25) is 0 Å². The van der Waals surface area contributed by atoms with Crippen molar-refractivity contribution in [2.75, 3.05) is 21.3 Å². The molecule has 1 atom stereocenters. The Morgan fingerprint density at radius 2 is 2.00 bits per heavy atom. The summed E-state index contributed by atoms with van der Waals surface area (Å²) in [5.74, 6) is 1.88. The molecule has 0 bridgehead atoms. The Bertz CT molecular complexity index is 500. The summed E-state index contributed by atoms with van der Waals surface area (Å²) in [7, 11) is 5.48. The van der Waals surface area contributed by atoms with Crippen molar-refractivity contribution in [3.8, 4) is 11.5 Å². The lowest BCUT2D eigenvalue weighted by Crippen LogP contribution is -2.23. The Morgan fingerprint density at radius 3 is 2.55 bits per heavy atom. The van der Waals surface area contributed by atoms with Crippen molar-refractivity contribution in [3.63, 3.8) is 0 Å². The van der Waals surface area contributed by atoms with Crippen molar-refractivity contribution >= 4 is 15.9 Å². The first-order valence-electron chi connectivity index (χ1n) is 7.04. The molecule has 0 amide bonds. The summed E-state index contributed by atoms with van der Waals surface area (Å²) in [6, 6.07) is 2.30. The molecule has 0 aromatic heterocycles. The highest BCUT2D eigenvalue weighted by atomic mass is 79.9. The molecule has 2 rings (SSSR count). The Hall–Kier alpha value is -0.740. The highest BCUT2D eigenvalue weighted by molar-refractivity contribution is 9.10. The van der Waals surface area contributed by atoms with Crippen LogP contribution in [-0.2, 0) is 6.42 Å². The molecule has 0 saturated carbocycles. The first kappa shape index (κ1) is 15.6. The molecule has 0 aliphatic heterocycles. The Balaban J connectivity index is 2.66. The Morgan fingerprint density at radius 1 is 1.30 bits per heavy atom. The van der Waals surface area contributed by atoms with E-state index in [2.05, 4.69) is 35.1 Å². The summed E-state index contributed by atoms with van der Waals surface area (Å²) < 4.78 is 12.2. The molecule has 0 fully saturated rings. The van der Waals surface area contributed by atoms with Crippen molar-refractivity contribution in [1.82, 2.24) is 5.32 Å². The first-order valence-corrected chi connectivity index (χ1v) is 7.83. The predicted molar refractivity (Wildman–Crippen MR) is 85.8 cm³/mol. The summed E-state index contributed by atoms with van der Waals surface area (Å²) in [4.78, 5) is 0. The van der Waals surface area contributed by atoms with Crippen molar-refractivity contribution in [2.24, 2.45) is 5.41 Å². The fraction of sp³-hybridized carbons (Fsp3) is 0.625. The van der Waals surface area contributed by atoms with Gasteiger partial charge in [0.1, 0.15) is 11.5 Å². The average molecular weight is 342 g/mol. The molecule has 0 radical (unpaired) electrons. The molecule has 0 spiro atoms. The largest absolute Gasteiger partial charge is 0.496 e. The van der Waals surface area contributed by atoms with Gasteiger partial charge < -0.3 is 14.8 Å². The van der Waals surface area contributed by atoms with Gasteiger partial charge in [-0.25, -0.2) is 0 Å². The topological polar surface area (TPSA) is 30.5 Å². The number of hydrogen-bond acceptors (Lipinski definition) is 3. The van der Waals surface area contributed by atoms with Crippen LogP contribution in [0.2, 0.25) is 0 Å². The minimum atomic E-state index is 0.281. The van der Waals surface area contributed by atoms with Crippen LogP contribution >= 0.6 is 15.9 Å². The maximum Gasteiger partial charge on any atom is 0.138 e. The van der Waals surface area contributed by atoms with Crippen LogP contribution in [0.1, 0.15) is 43.9 Å². The fourth-order valence-corrected chi connectivity index (χ4v) is 3.73. The highest BCUT2D eigenvalue weighted by Crippen LogP contribution is 2.48. The van der Waals surface area contributed by atoms with Crippen molar-refractivity contribution in [3.05, 3.63) is 21.7 Å². The second-order valence-electron chi connectivity index (χ2n) is 6.20. The minimum absolute atomic E-state index is 0.281. The molecular weight excluding hydrogens is 318 g/mol. The maximum absolute atomic E-state index is 5.66. The van der Waals surface area contributed by atoms with Crippen LogP contribution in [0.3, 0.4) is 0 Å². The van der Waals surface area contributed by atoms with Crippen LogP contribution in [0.5, 0.6) is 11.5 Å². The van der Waals surface area contributed by atoms with E-state index in [-0.39, 0.29) is 6.04 Å². The third-order valence-electron chi connectivity index (χ3n) is 4.27. The van der Waals surface area contributed by atoms with E-state index < -0.39 is 0 Å². The number of rotatable bonds is 3. The Kier molecular flexibility index (Phi) is 4.65. The van der Waals surface area contributed by atoms with E-state index in [1.807, 2.05) is 13.1 Å². The number of benzene rings is 1. The van der Waals surface area contributed by atoms with Crippen molar-refractivity contribution in [1.29, 1.82) is 0 Å². The van der Waals surface area contributed by atoms with Gasteiger partial charge in [0.25, 0.3) is 0 Å². The second-order valence-corrected chi connectivity index (χ2v) is 7.05. The predicted octanol–water partition coefficient (Wildman–Crippen LogP) is 4.09. The maximum atomic E-state index is 5.66. The highest BCUT2D eigenvalue weighted by Gasteiger charge is 2.33. The molecule has 4 heteroatoms. The summed E-state index contributed by atoms with van der Waals surface area (Å²) in [5.41, 5.74) is 2.82. The normalized spacial score (nSPS) is 21.0. The molecular formula is C16H24BrNO2. The van der Waals surface area contributed by atoms with E-state index in [0.29, 0.717) is 5.41 Å². The van der Waals surface area contributed by atoms with E-state index in [4.69, 9.17) is 9.47 Å². The summed E-state index contributed by atoms with van der Waals surface area (Å²) >= 11 is 3.61. The van der Waals surface area contributed by atoms with Gasteiger partial charge in [0.15, 0.2) is 0 Å². The second kappa shape index (κ2) is 5.94. The van der Waals surface area contributed by atoms with Gasteiger partial charge >= 0.3 is 0 Å². The van der Waals surface area contributed by atoms with Gasteiger partial charge in [0, 0.05) is 17.2 Å². The van der Waals surface area contributed by atoms with Crippen LogP contribution in [0, 0.1) is 5.41 Å². The van der Waals surface area contributed by atoms with Crippen molar-refractivity contribution in [2.45, 2.75) is 39.2 Å². The van der Waals surface area contributed by atoms with E-state index in [1.165, 1.54) is 11.1 Å². The number of hydrogen-bond donors (Lipinski definition) is 1. The van der Waals surface area contributed by atoms with Crippen LogP contribution in [0.4, 0.5) is 0 Å². The van der Waals surface area contributed by atoms with Crippen LogP contribution < -0.4 is 14.8 Å². The zero-order valence-corrected chi connectivity index (χ0v) is 14.6. The van der Waals surface area contributed by atoms with Gasteiger partial charge in [0.2, 0.25) is 0 Å². The molecule has 3 nitrogen and oxygen atoms in total. The molecule has 1 N–H and O–H groups in total. The van der Waals surface area contributed by atoms with E-state index >= 15 is 0 Å². The van der Waals surface area contributed by atoms with Gasteiger partial charge in [-0.15, -0.1) is 0 Å². The lowest BCUT2D eigenvalue weighted by Gasteiger charge is -2.27. The SMILES string of the molecule is CNC1CC(C)(C)CCc2c(OC)cc(Br)c(OC)c21. The van der Waals surface area contributed by atoms with Crippen LogP contribution in [-0.4, -0.2) is 21.3 Å². The van der Waals surface area contributed by atoms with Gasteiger partial charge in [-0.05, 0) is 53.7 Å². The molecule has 0 heterocycles. The number of fused-ring (bicyclic) bond motifs is 1. The summed E-state index contributed by atoms with van der Waals surface area (Å²) in [5, 5.41) is 3.45. The molecule has 20 heavy (non-hydrogen) atoms. The van der Waals surface area contributed by atoms with Gasteiger partial charge in [-0.1, -0.05) is 13.8 Å². The van der Waals surface area contributed by atoms with Crippen LogP contribution in [0.15, 0.2) is 10.5 Å². The Labute approximate surface area is 130 Å². The number of nitrogens with one attached hydrogen (secondary N) is 1. The smallest absolute Gasteiger partial charge is 0.138 e. The third kappa shape index (κ3) is 2.82.